The van der Waals surface area contributed by atoms with Gasteiger partial charge in [0.05, 0.1) is 10.5 Å². The zero-order chi connectivity index (χ0) is 17.5. The Morgan fingerprint density at radius 3 is 2.48 bits per heavy atom. The van der Waals surface area contributed by atoms with E-state index in [9.17, 15) is 19.7 Å². The van der Waals surface area contributed by atoms with Gasteiger partial charge in [0, 0.05) is 19.0 Å². The number of nitrogens with zero attached hydrogens (tertiary/aromatic N) is 1. The topological polar surface area (TPSA) is 98.5 Å². The zero-order valence-corrected chi connectivity index (χ0v) is 13.6. The number of amides is 1. The average Bonchev–Trinajstić information content (AvgIpc) is 2.44. The molecule has 1 aromatic rings. The largest absolute Gasteiger partial charge is 0.444 e. The molecule has 0 aliphatic carbocycles. The number of hydrogen-bond donors (Lipinski definition) is 1. The van der Waals surface area contributed by atoms with Crippen LogP contribution < -0.4 is 5.32 Å². The Balaban J connectivity index is 2.36. The van der Waals surface area contributed by atoms with Gasteiger partial charge in [0.25, 0.3) is 5.69 Å². The van der Waals surface area contributed by atoms with Gasteiger partial charge in [0.2, 0.25) is 0 Å². The van der Waals surface area contributed by atoms with Crippen molar-refractivity contribution in [1.82, 2.24) is 5.32 Å². The van der Waals surface area contributed by atoms with Crippen molar-refractivity contribution in [3.05, 3.63) is 39.9 Å². The molecular weight excluding hydrogens is 300 g/mol. The number of ether oxygens (including phenoxy) is 1. The van der Waals surface area contributed by atoms with Crippen LogP contribution in [-0.4, -0.2) is 28.9 Å². The quantitative estimate of drug-likeness (QED) is 0.358. The summed E-state index contributed by atoms with van der Waals surface area (Å²) in [5.74, 6) is -0.269. The number of alkyl carbamates (subject to hydrolysis) is 1. The molecule has 0 saturated heterocycles. The molecule has 0 radical (unpaired) electrons. The average molecular weight is 322 g/mol. The van der Waals surface area contributed by atoms with E-state index in [0.29, 0.717) is 19.4 Å². The summed E-state index contributed by atoms with van der Waals surface area (Å²) in [4.78, 5) is 33.8. The van der Waals surface area contributed by atoms with Gasteiger partial charge in [-0.3, -0.25) is 14.9 Å². The first-order valence-corrected chi connectivity index (χ1v) is 7.44. The summed E-state index contributed by atoms with van der Waals surface area (Å²) < 4.78 is 5.08. The number of nitro groups is 1. The van der Waals surface area contributed by atoms with Crippen molar-refractivity contribution in [3.8, 4) is 0 Å². The SMILES string of the molecule is CC(C)(C)OC(=O)NCCCCC(=O)c1ccccc1[N+](=O)[O-]. The van der Waals surface area contributed by atoms with Crippen LogP contribution in [0.1, 0.15) is 50.4 Å². The third kappa shape index (κ3) is 6.90. The molecule has 0 unspecified atom stereocenters. The summed E-state index contributed by atoms with van der Waals surface area (Å²) in [5.41, 5.74) is -0.603. The molecule has 1 aromatic carbocycles. The maximum Gasteiger partial charge on any atom is 0.407 e. The smallest absolute Gasteiger partial charge is 0.407 e. The van der Waals surface area contributed by atoms with Gasteiger partial charge in [-0.25, -0.2) is 4.79 Å². The second-order valence-corrected chi connectivity index (χ2v) is 6.08. The van der Waals surface area contributed by atoms with Crippen LogP contribution in [0.4, 0.5) is 10.5 Å². The van der Waals surface area contributed by atoms with E-state index in [1.54, 1.807) is 26.8 Å². The molecular formula is C16H22N2O5. The van der Waals surface area contributed by atoms with Crippen LogP contribution in [0.5, 0.6) is 0 Å². The van der Waals surface area contributed by atoms with Gasteiger partial charge in [-0.1, -0.05) is 12.1 Å². The van der Waals surface area contributed by atoms with Crippen LogP contribution >= 0.6 is 0 Å². The summed E-state index contributed by atoms with van der Waals surface area (Å²) in [6.45, 7) is 5.72. The van der Waals surface area contributed by atoms with Crippen molar-refractivity contribution >= 4 is 17.6 Å². The monoisotopic (exact) mass is 322 g/mol. The molecule has 126 valence electrons. The molecule has 0 aliphatic heterocycles. The highest BCUT2D eigenvalue weighted by molar-refractivity contribution is 5.99. The molecule has 23 heavy (non-hydrogen) atoms. The second kappa shape index (κ2) is 8.26. The standard InChI is InChI=1S/C16H22N2O5/c1-16(2,3)23-15(20)17-11-7-6-10-14(19)12-8-4-5-9-13(12)18(21)22/h4-5,8-9H,6-7,10-11H2,1-3H3,(H,17,20). The number of benzene rings is 1. The molecule has 1 amide bonds. The van der Waals surface area contributed by atoms with Crippen molar-refractivity contribution < 1.29 is 19.2 Å². The zero-order valence-electron chi connectivity index (χ0n) is 13.6. The molecule has 0 aromatic heterocycles. The van der Waals surface area contributed by atoms with Gasteiger partial charge in [0.15, 0.2) is 5.78 Å². The minimum Gasteiger partial charge on any atom is -0.444 e. The Labute approximate surface area is 135 Å². The predicted molar refractivity (Wildman–Crippen MR) is 85.5 cm³/mol. The van der Waals surface area contributed by atoms with E-state index in [-0.39, 0.29) is 23.5 Å². The Bertz CT molecular complexity index is 578. The number of hydrogen-bond acceptors (Lipinski definition) is 5. The van der Waals surface area contributed by atoms with Crippen molar-refractivity contribution in [2.45, 2.75) is 45.6 Å². The number of para-hydroxylation sites is 1. The Kier molecular flexibility index (Phi) is 6.68. The van der Waals surface area contributed by atoms with Crippen LogP contribution in [-0.2, 0) is 4.74 Å². The van der Waals surface area contributed by atoms with Crippen LogP contribution in [0, 0.1) is 10.1 Å². The molecule has 0 bridgehead atoms. The van der Waals surface area contributed by atoms with Crippen LogP contribution in [0.25, 0.3) is 0 Å². The third-order valence-electron chi connectivity index (χ3n) is 2.90. The third-order valence-corrected chi connectivity index (χ3v) is 2.90. The first kappa shape index (κ1) is 18.6. The number of carbonyl (C=O) groups is 2. The Morgan fingerprint density at radius 1 is 1.22 bits per heavy atom. The fourth-order valence-electron chi connectivity index (χ4n) is 1.92. The number of ketones is 1. The van der Waals surface area contributed by atoms with E-state index in [2.05, 4.69) is 5.32 Å². The maximum absolute atomic E-state index is 12.0. The highest BCUT2D eigenvalue weighted by Gasteiger charge is 2.18. The van der Waals surface area contributed by atoms with Gasteiger partial charge in [0.1, 0.15) is 5.60 Å². The summed E-state index contributed by atoms with van der Waals surface area (Å²) >= 11 is 0. The van der Waals surface area contributed by atoms with Crippen molar-refractivity contribution in [3.63, 3.8) is 0 Å². The molecule has 1 N–H and O–H groups in total. The number of nitro benzene ring substituents is 1. The fourth-order valence-corrected chi connectivity index (χ4v) is 1.92. The lowest BCUT2D eigenvalue weighted by molar-refractivity contribution is -0.385. The molecule has 7 nitrogen and oxygen atoms in total. The van der Waals surface area contributed by atoms with Crippen molar-refractivity contribution in [1.29, 1.82) is 0 Å². The van der Waals surface area contributed by atoms with Gasteiger partial charge >= 0.3 is 6.09 Å². The summed E-state index contributed by atoms with van der Waals surface area (Å²) in [5, 5.41) is 13.5. The normalized spacial score (nSPS) is 10.9. The predicted octanol–water partition coefficient (Wildman–Crippen LogP) is 3.47. The maximum atomic E-state index is 12.0. The molecule has 0 spiro atoms. The number of nitrogens with one attached hydrogen (secondary N) is 1. The number of unbranched alkanes of at least 4 members (excludes halogenated alkanes) is 1. The summed E-state index contributed by atoms with van der Waals surface area (Å²) in [6, 6.07) is 5.90. The van der Waals surface area contributed by atoms with E-state index >= 15 is 0 Å². The number of rotatable bonds is 7. The van der Waals surface area contributed by atoms with Crippen molar-refractivity contribution in [2.75, 3.05) is 6.54 Å². The summed E-state index contributed by atoms with van der Waals surface area (Å²) in [6.07, 6.45) is 0.815. The molecule has 1 rings (SSSR count). The second-order valence-electron chi connectivity index (χ2n) is 6.08. The van der Waals surface area contributed by atoms with Gasteiger partial charge in [-0.05, 0) is 39.7 Å². The van der Waals surface area contributed by atoms with Gasteiger partial charge < -0.3 is 10.1 Å². The minimum atomic E-state index is -0.558. The molecule has 0 aliphatic rings. The molecule has 0 saturated carbocycles. The number of carbonyl (C=O) groups excluding carboxylic acids is 2. The van der Waals surface area contributed by atoms with E-state index < -0.39 is 16.6 Å². The molecule has 7 heteroatoms. The van der Waals surface area contributed by atoms with Crippen molar-refractivity contribution in [2.24, 2.45) is 0 Å². The lowest BCUT2D eigenvalue weighted by atomic mass is 10.0. The lowest BCUT2D eigenvalue weighted by Crippen LogP contribution is -2.33. The molecule has 0 atom stereocenters. The minimum absolute atomic E-state index is 0.123. The highest BCUT2D eigenvalue weighted by atomic mass is 16.6. The molecule has 0 heterocycles. The van der Waals surface area contributed by atoms with E-state index in [1.165, 1.54) is 18.2 Å². The first-order chi connectivity index (χ1) is 10.7. The first-order valence-electron chi connectivity index (χ1n) is 7.44. The van der Waals surface area contributed by atoms with E-state index in [0.717, 1.165) is 0 Å². The Hall–Kier alpha value is -2.44. The van der Waals surface area contributed by atoms with E-state index in [1.807, 2.05) is 0 Å². The lowest BCUT2D eigenvalue weighted by Gasteiger charge is -2.19. The number of Topliss-reactive ketones (excluding diaryl/α,β-unsaturated/α-hetero) is 1. The van der Waals surface area contributed by atoms with Crippen LogP contribution in [0.3, 0.4) is 0 Å². The van der Waals surface area contributed by atoms with Gasteiger partial charge in [-0.15, -0.1) is 0 Å². The van der Waals surface area contributed by atoms with Gasteiger partial charge in [-0.2, -0.15) is 0 Å². The fraction of sp³-hybridized carbons (Fsp3) is 0.500. The highest BCUT2D eigenvalue weighted by Crippen LogP contribution is 2.20. The summed E-state index contributed by atoms with van der Waals surface area (Å²) in [7, 11) is 0. The molecule has 0 fully saturated rings. The van der Waals surface area contributed by atoms with Crippen LogP contribution in [0.2, 0.25) is 0 Å². The Morgan fingerprint density at radius 2 is 1.87 bits per heavy atom. The van der Waals surface area contributed by atoms with E-state index in [4.69, 9.17) is 4.74 Å². The van der Waals surface area contributed by atoms with Crippen LogP contribution in [0.15, 0.2) is 24.3 Å².